The molecule has 3 heteroatoms. The van der Waals surface area contributed by atoms with E-state index in [0.717, 1.165) is 18.8 Å². The number of aliphatic carboxylic acids is 1. The van der Waals surface area contributed by atoms with E-state index >= 15 is 0 Å². The third-order valence-corrected chi connectivity index (χ3v) is 4.04. The van der Waals surface area contributed by atoms with Crippen molar-refractivity contribution < 1.29 is 9.90 Å². The first-order valence-corrected chi connectivity index (χ1v) is 6.60. The lowest BCUT2D eigenvalue weighted by Gasteiger charge is -2.27. The van der Waals surface area contributed by atoms with Crippen LogP contribution in [0.1, 0.15) is 51.9 Å². The molecule has 0 bridgehead atoms. The maximum absolute atomic E-state index is 10.9. The van der Waals surface area contributed by atoms with Gasteiger partial charge < -0.3 is 10.8 Å². The number of carboxylic acids is 1. The van der Waals surface area contributed by atoms with Crippen molar-refractivity contribution in [3.8, 4) is 0 Å². The van der Waals surface area contributed by atoms with Gasteiger partial charge in [-0.2, -0.15) is 0 Å². The molecule has 0 radical (unpaired) electrons. The van der Waals surface area contributed by atoms with Gasteiger partial charge in [0.2, 0.25) is 0 Å². The van der Waals surface area contributed by atoms with E-state index in [1.165, 1.54) is 32.1 Å². The van der Waals surface area contributed by atoms with Gasteiger partial charge in [-0.1, -0.05) is 45.4 Å². The summed E-state index contributed by atoms with van der Waals surface area (Å²) in [5.41, 5.74) is 5.49. The van der Waals surface area contributed by atoms with Crippen LogP contribution in [0.5, 0.6) is 0 Å². The van der Waals surface area contributed by atoms with Gasteiger partial charge in [0.05, 0.1) is 5.92 Å². The zero-order chi connectivity index (χ0) is 12.0. The number of hydrogen-bond donors (Lipinski definition) is 2. The molecule has 0 spiro atoms. The van der Waals surface area contributed by atoms with E-state index in [-0.39, 0.29) is 12.5 Å². The number of rotatable bonds is 8. The Morgan fingerprint density at radius 2 is 2.19 bits per heavy atom. The summed E-state index contributed by atoms with van der Waals surface area (Å²) in [6.07, 6.45) is 8.47. The molecular weight excluding hydrogens is 202 g/mol. The second-order valence-corrected chi connectivity index (χ2v) is 5.16. The second kappa shape index (κ2) is 6.89. The summed E-state index contributed by atoms with van der Waals surface area (Å²) < 4.78 is 0. The quantitative estimate of drug-likeness (QED) is 0.670. The Labute approximate surface area is 98.4 Å². The van der Waals surface area contributed by atoms with Crippen molar-refractivity contribution in [3.05, 3.63) is 0 Å². The molecule has 0 aromatic rings. The third kappa shape index (κ3) is 4.12. The molecule has 3 nitrogen and oxygen atoms in total. The minimum absolute atomic E-state index is 0.273. The molecule has 0 aliphatic heterocycles. The SMILES string of the molecule is CC[C@@H](CCC1CCC1)C[C@H](CN)C(=O)O. The molecule has 16 heavy (non-hydrogen) atoms. The van der Waals surface area contributed by atoms with E-state index in [4.69, 9.17) is 10.8 Å². The summed E-state index contributed by atoms with van der Waals surface area (Å²) in [6.45, 7) is 2.43. The molecule has 0 unspecified atom stereocenters. The highest BCUT2D eigenvalue weighted by Gasteiger charge is 2.23. The second-order valence-electron chi connectivity index (χ2n) is 5.16. The molecule has 0 amide bonds. The molecule has 1 aliphatic rings. The molecular formula is C13H25NO2. The van der Waals surface area contributed by atoms with E-state index in [9.17, 15) is 4.79 Å². The molecule has 0 aromatic carbocycles. The van der Waals surface area contributed by atoms with Crippen molar-refractivity contribution in [2.45, 2.75) is 51.9 Å². The fourth-order valence-corrected chi connectivity index (χ4v) is 2.44. The van der Waals surface area contributed by atoms with E-state index in [0.29, 0.717) is 5.92 Å². The predicted octanol–water partition coefficient (Wildman–Crippen LogP) is 2.64. The Bertz CT molecular complexity index is 214. The van der Waals surface area contributed by atoms with Crippen molar-refractivity contribution >= 4 is 5.97 Å². The molecule has 0 saturated heterocycles. The van der Waals surface area contributed by atoms with Gasteiger partial charge in [0.15, 0.2) is 0 Å². The molecule has 0 heterocycles. The fourth-order valence-electron chi connectivity index (χ4n) is 2.44. The Morgan fingerprint density at radius 1 is 1.50 bits per heavy atom. The van der Waals surface area contributed by atoms with Crippen LogP contribution in [0, 0.1) is 17.8 Å². The Balaban J connectivity index is 2.25. The molecule has 94 valence electrons. The number of nitrogens with two attached hydrogens (primary N) is 1. The molecule has 0 aromatic heterocycles. The smallest absolute Gasteiger partial charge is 0.307 e. The number of carboxylic acid groups (broad SMARTS) is 1. The maximum atomic E-state index is 10.9. The third-order valence-electron chi connectivity index (χ3n) is 4.04. The van der Waals surface area contributed by atoms with Gasteiger partial charge in [0.25, 0.3) is 0 Å². The molecule has 3 N–H and O–H groups in total. The van der Waals surface area contributed by atoms with Crippen LogP contribution in [0.3, 0.4) is 0 Å². The Hall–Kier alpha value is -0.570. The average molecular weight is 227 g/mol. The van der Waals surface area contributed by atoms with E-state index in [2.05, 4.69) is 6.92 Å². The zero-order valence-corrected chi connectivity index (χ0v) is 10.3. The molecule has 1 aliphatic carbocycles. The standard InChI is InChI=1S/C13H25NO2/c1-2-10(6-7-11-4-3-5-11)8-12(9-14)13(15)16/h10-12H,2-9,14H2,1H3,(H,15,16)/t10-,12+/m0/s1. The van der Waals surface area contributed by atoms with Crippen molar-refractivity contribution in [2.75, 3.05) is 6.54 Å². The summed E-state index contributed by atoms with van der Waals surface area (Å²) in [5.74, 6) is 0.399. The first-order valence-electron chi connectivity index (χ1n) is 6.60. The molecule has 2 atom stereocenters. The summed E-state index contributed by atoms with van der Waals surface area (Å²) in [4.78, 5) is 10.9. The van der Waals surface area contributed by atoms with Crippen LogP contribution >= 0.6 is 0 Å². The minimum Gasteiger partial charge on any atom is -0.481 e. The zero-order valence-electron chi connectivity index (χ0n) is 10.3. The Kier molecular flexibility index (Phi) is 5.81. The predicted molar refractivity (Wildman–Crippen MR) is 65.2 cm³/mol. The normalized spacial score (nSPS) is 20.1. The monoisotopic (exact) mass is 227 g/mol. The number of hydrogen-bond acceptors (Lipinski definition) is 2. The van der Waals surface area contributed by atoms with Gasteiger partial charge >= 0.3 is 5.97 Å². The molecule has 1 fully saturated rings. The average Bonchev–Trinajstić information content (AvgIpc) is 2.20. The van der Waals surface area contributed by atoms with E-state index < -0.39 is 5.97 Å². The van der Waals surface area contributed by atoms with Gasteiger partial charge in [-0.3, -0.25) is 4.79 Å². The van der Waals surface area contributed by atoms with Crippen LogP contribution in [-0.2, 0) is 4.79 Å². The lowest BCUT2D eigenvalue weighted by Crippen LogP contribution is -2.26. The lowest BCUT2D eigenvalue weighted by molar-refractivity contribution is -0.142. The Morgan fingerprint density at radius 3 is 2.56 bits per heavy atom. The first kappa shape index (κ1) is 13.5. The first-order chi connectivity index (χ1) is 7.67. The summed E-state index contributed by atoms with van der Waals surface area (Å²) in [7, 11) is 0. The highest BCUT2D eigenvalue weighted by Crippen LogP contribution is 2.33. The largest absolute Gasteiger partial charge is 0.481 e. The van der Waals surface area contributed by atoms with Crippen LogP contribution in [0.4, 0.5) is 0 Å². The topological polar surface area (TPSA) is 63.3 Å². The van der Waals surface area contributed by atoms with Crippen molar-refractivity contribution in [1.82, 2.24) is 0 Å². The maximum Gasteiger partial charge on any atom is 0.307 e. The van der Waals surface area contributed by atoms with Crippen LogP contribution in [0.2, 0.25) is 0 Å². The minimum atomic E-state index is -0.732. The summed E-state index contributed by atoms with van der Waals surface area (Å²) >= 11 is 0. The van der Waals surface area contributed by atoms with Crippen LogP contribution in [-0.4, -0.2) is 17.6 Å². The van der Waals surface area contributed by atoms with Gasteiger partial charge in [-0.15, -0.1) is 0 Å². The van der Waals surface area contributed by atoms with Crippen LogP contribution in [0.15, 0.2) is 0 Å². The van der Waals surface area contributed by atoms with Gasteiger partial charge in [-0.25, -0.2) is 0 Å². The highest BCUT2D eigenvalue weighted by molar-refractivity contribution is 5.70. The van der Waals surface area contributed by atoms with Crippen molar-refractivity contribution in [2.24, 2.45) is 23.5 Å². The van der Waals surface area contributed by atoms with Crippen molar-refractivity contribution in [3.63, 3.8) is 0 Å². The van der Waals surface area contributed by atoms with E-state index in [1.807, 2.05) is 0 Å². The number of carbonyl (C=O) groups is 1. The molecule has 1 saturated carbocycles. The fraction of sp³-hybridized carbons (Fsp3) is 0.923. The highest BCUT2D eigenvalue weighted by atomic mass is 16.4. The summed E-state index contributed by atoms with van der Waals surface area (Å²) in [5, 5.41) is 8.97. The lowest BCUT2D eigenvalue weighted by atomic mass is 9.78. The van der Waals surface area contributed by atoms with Gasteiger partial charge in [0.1, 0.15) is 0 Å². The summed E-state index contributed by atoms with van der Waals surface area (Å²) in [6, 6.07) is 0. The molecule has 1 rings (SSSR count). The van der Waals surface area contributed by atoms with Gasteiger partial charge in [0, 0.05) is 6.54 Å². The van der Waals surface area contributed by atoms with Crippen molar-refractivity contribution in [1.29, 1.82) is 0 Å². The van der Waals surface area contributed by atoms with Crippen LogP contribution in [0.25, 0.3) is 0 Å². The van der Waals surface area contributed by atoms with Gasteiger partial charge in [-0.05, 0) is 18.3 Å². The van der Waals surface area contributed by atoms with E-state index in [1.54, 1.807) is 0 Å². The van der Waals surface area contributed by atoms with Crippen LogP contribution < -0.4 is 5.73 Å².